The van der Waals surface area contributed by atoms with Crippen molar-refractivity contribution in [3.05, 3.63) is 53.1 Å². The Balaban J connectivity index is 2.24. The summed E-state index contributed by atoms with van der Waals surface area (Å²) >= 11 is 5.94. The minimum Gasteiger partial charge on any atom is -0.454 e. The summed E-state index contributed by atoms with van der Waals surface area (Å²) in [5.41, 5.74) is 1.26. The number of nitrogens with zero attached hydrogens (tertiary/aromatic N) is 1. The van der Waals surface area contributed by atoms with Gasteiger partial charge in [-0.3, -0.25) is 4.79 Å². The maximum absolute atomic E-state index is 12.3. The lowest BCUT2D eigenvalue weighted by atomic mass is 10.2. The van der Waals surface area contributed by atoms with E-state index in [1.54, 1.807) is 30.1 Å². The van der Waals surface area contributed by atoms with Gasteiger partial charge in [-0.1, -0.05) is 23.7 Å². The van der Waals surface area contributed by atoms with Crippen LogP contribution in [0.25, 0.3) is 0 Å². The predicted molar refractivity (Wildman–Crippen MR) is 70.7 cm³/mol. The summed E-state index contributed by atoms with van der Waals surface area (Å²) in [6.45, 7) is 0. The van der Waals surface area contributed by atoms with Crippen LogP contribution in [0.2, 0.25) is 5.02 Å². The fourth-order valence-corrected chi connectivity index (χ4v) is 2.15. The van der Waals surface area contributed by atoms with Crippen molar-refractivity contribution < 1.29 is 9.53 Å². The molecule has 4 heteroatoms. The molecule has 0 bridgehead atoms. The van der Waals surface area contributed by atoms with Gasteiger partial charge >= 0.3 is 0 Å². The molecular formula is C14H10ClNO2. The summed E-state index contributed by atoms with van der Waals surface area (Å²) in [7, 11) is 1.73. The highest BCUT2D eigenvalue weighted by atomic mass is 35.5. The first-order chi connectivity index (χ1) is 8.66. The van der Waals surface area contributed by atoms with Crippen LogP contribution in [0.3, 0.4) is 0 Å². The number of amides is 1. The molecule has 0 saturated heterocycles. The van der Waals surface area contributed by atoms with E-state index in [1.165, 1.54) is 0 Å². The van der Waals surface area contributed by atoms with Crippen LogP contribution in [0, 0.1) is 0 Å². The molecule has 0 saturated carbocycles. The molecule has 1 amide bonds. The second kappa shape index (κ2) is 4.03. The number of para-hydroxylation sites is 2. The molecule has 1 aliphatic rings. The molecule has 1 aliphatic heterocycles. The van der Waals surface area contributed by atoms with Gasteiger partial charge in [0.2, 0.25) is 0 Å². The average Bonchev–Trinajstić information content (AvgIpc) is 2.47. The molecule has 18 heavy (non-hydrogen) atoms. The van der Waals surface area contributed by atoms with Crippen molar-refractivity contribution in [1.82, 2.24) is 0 Å². The van der Waals surface area contributed by atoms with Gasteiger partial charge in [-0.25, -0.2) is 0 Å². The number of rotatable bonds is 0. The number of carbonyl (C=O) groups is 1. The van der Waals surface area contributed by atoms with Crippen LogP contribution in [-0.2, 0) is 0 Å². The summed E-state index contributed by atoms with van der Waals surface area (Å²) in [5, 5.41) is 0.545. The van der Waals surface area contributed by atoms with Crippen molar-refractivity contribution >= 4 is 23.2 Å². The zero-order chi connectivity index (χ0) is 12.7. The van der Waals surface area contributed by atoms with Crippen molar-refractivity contribution in [3.8, 4) is 11.5 Å². The van der Waals surface area contributed by atoms with Crippen LogP contribution in [0.1, 0.15) is 10.4 Å². The molecule has 0 aliphatic carbocycles. The largest absolute Gasteiger partial charge is 0.454 e. The molecule has 0 N–H and O–H groups in total. The maximum Gasteiger partial charge on any atom is 0.261 e. The number of ether oxygens (including phenoxy) is 1. The number of anilines is 1. The van der Waals surface area contributed by atoms with Crippen molar-refractivity contribution in [2.24, 2.45) is 0 Å². The molecule has 3 rings (SSSR count). The SMILES string of the molecule is CN1C(=O)c2ccc(Cl)cc2Oc2ccccc21. The van der Waals surface area contributed by atoms with E-state index in [9.17, 15) is 4.79 Å². The Hall–Kier alpha value is -2.00. The van der Waals surface area contributed by atoms with Crippen LogP contribution < -0.4 is 9.64 Å². The fourth-order valence-electron chi connectivity index (χ4n) is 1.99. The summed E-state index contributed by atoms with van der Waals surface area (Å²) in [6, 6.07) is 12.4. The van der Waals surface area contributed by atoms with Gasteiger partial charge in [0, 0.05) is 18.1 Å². The lowest BCUT2D eigenvalue weighted by molar-refractivity contribution is 0.0993. The van der Waals surface area contributed by atoms with E-state index in [1.807, 2.05) is 24.3 Å². The molecule has 1 heterocycles. The molecule has 2 aromatic rings. The number of carbonyl (C=O) groups excluding carboxylic acids is 1. The smallest absolute Gasteiger partial charge is 0.261 e. The minimum atomic E-state index is -0.105. The standard InChI is InChI=1S/C14H10ClNO2/c1-16-11-4-2-3-5-12(11)18-13-8-9(15)6-7-10(13)14(16)17/h2-8H,1H3. The van der Waals surface area contributed by atoms with Gasteiger partial charge in [0.15, 0.2) is 5.75 Å². The Morgan fingerprint density at radius 2 is 1.89 bits per heavy atom. The third-order valence-electron chi connectivity index (χ3n) is 2.93. The summed E-state index contributed by atoms with van der Waals surface area (Å²) in [6.07, 6.45) is 0. The molecule has 2 aromatic carbocycles. The maximum atomic E-state index is 12.3. The monoisotopic (exact) mass is 259 g/mol. The Labute approximate surface area is 110 Å². The van der Waals surface area contributed by atoms with Crippen LogP contribution in [0.4, 0.5) is 5.69 Å². The van der Waals surface area contributed by atoms with E-state index in [2.05, 4.69) is 0 Å². The Kier molecular flexibility index (Phi) is 2.49. The van der Waals surface area contributed by atoms with E-state index in [-0.39, 0.29) is 5.91 Å². The zero-order valence-corrected chi connectivity index (χ0v) is 10.4. The van der Waals surface area contributed by atoms with Gasteiger partial charge in [-0.15, -0.1) is 0 Å². The van der Waals surface area contributed by atoms with Crippen LogP contribution in [-0.4, -0.2) is 13.0 Å². The Bertz CT molecular complexity index is 639. The van der Waals surface area contributed by atoms with Gasteiger partial charge in [0.05, 0.1) is 11.3 Å². The van der Waals surface area contributed by atoms with Gasteiger partial charge in [-0.2, -0.15) is 0 Å². The number of hydrogen-bond acceptors (Lipinski definition) is 2. The predicted octanol–water partition coefficient (Wildman–Crippen LogP) is 3.72. The van der Waals surface area contributed by atoms with Crippen molar-refractivity contribution in [1.29, 1.82) is 0 Å². The third kappa shape index (κ3) is 1.64. The molecule has 0 fully saturated rings. The van der Waals surface area contributed by atoms with Gasteiger partial charge < -0.3 is 9.64 Å². The van der Waals surface area contributed by atoms with Crippen LogP contribution in [0.5, 0.6) is 11.5 Å². The number of benzene rings is 2. The van der Waals surface area contributed by atoms with Crippen molar-refractivity contribution in [2.45, 2.75) is 0 Å². The zero-order valence-electron chi connectivity index (χ0n) is 9.68. The number of fused-ring (bicyclic) bond motifs is 2. The van der Waals surface area contributed by atoms with Crippen molar-refractivity contribution in [3.63, 3.8) is 0 Å². The highest BCUT2D eigenvalue weighted by molar-refractivity contribution is 6.31. The van der Waals surface area contributed by atoms with Gasteiger partial charge in [0.1, 0.15) is 5.75 Å². The summed E-state index contributed by atoms with van der Waals surface area (Å²) in [4.78, 5) is 13.9. The fraction of sp³-hybridized carbons (Fsp3) is 0.0714. The molecule has 3 nitrogen and oxygen atoms in total. The normalized spacial score (nSPS) is 13.4. The highest BCUT2D eigenvalue weighted by Crippen LogP contribution is 2.38. The highest BCUT2D eigenvalue weighted by Gasteiger charge is 2.25. The Morgan fingerprint density at radius 3 is 2.72 bits per heavy atom. The molecule has 90 valence electrons. The van der Waals surface area contributed by atoms with Crippen molar-refractivity contribution in [2.75, 3.05) is 11.9 Å². The minimum absolute atomic E-state index is 0.105. The number of hydrogen-bond donors (Lipinski definition) is 0. The van der Waals surface area contributed by atoms with E-state index in [4.69, 9.17) is 16.3 Å². The topological polar surface area (TPSA) is 29.5 Å². The first-order valence-electron chi connectivity index (χ1n) is 5.51. The summed E-state index contributed by atoms with van der Waals surface area (Å²) < 4.78 is 5.78. The second-order valence-electron chi connectivity index (χ2n) is 4.07. The third-order valence-corrected chi connectivity index (χ3v) is 3.16. The first-order valence-corrected chi connectivity index (χ1v) is 5.89. The van der Waals surface area contributed by atoms with Gasteiger partial charge in [0.25, 0.3) is 5.91 Å². The van der Waals surface area contributed by atoms with E-state index >= 15 is 0 Å². The Morgan fingerprint density at radius 1 is 1.11 bits per heavy atom. The molecular weight excluding hydrogens is 250 g/mol. The molecule has 0 radical (unpaired) electrons. The van der Waals surface area contributed by atoms with Crippen LogP contribution in [0.15, 0.2) is 42.5 Å². The van der Waals surface area contributed by atoms with E-state index < -0.39 is 0 Å². The number of halogens is 1. The molecule has 0 unspecified atom stereocenters. The quantitative estimate of drug-likeness (QED) is 0.722. The van der Waals surface area contributed by atoms with E-state index in [0.29, 0.717) is 22.1 Å². The molecule has 0 spiro atoms. The van der Waals surface area contributed by atoms with E-state index in [0.717, 1.165) is 5.69 Å². The lowest BCUT2D eigenvalue weighted by Crippen LogP contribution is -2.25. The van der Waals surface area contributed by atoms with Crippen LogP contribution >= 0.6 is 11.6 Å². The summed E-state index contributed by atoms with van der Waals surface area (Å²) in [5.74, 6) is 1.03. The second-order valence-corrected chi connectivity index (χ2v) is 4.51. The molecule has 0 aromatic heterocycles. The lowest BCUT2D eigenvalue weighted by Gasteiger charge is -2.15. The molecule has 0 atom stereocenters. The first kappa shape index (κ1) is 11.1. The average molecular weight is 260 g/mol. The van der Waals surface area contributed by atoms with Gasteiger partial charge in [-0.05, 0) is 24.3 Å².